The topological polar surface area (TPSA) is 26.3 Å². The Kier molecular flexibility index (Phi) is 11.2. The van der Waals surface area contributed by atoms with Gasteiger partial charge in [-0.2, -0.15) is 0 Å². The SMILES string of the molecule is C=C.O=C(S)c1ccccc1.S=C(OCc1ccccc1)c1ccccc1. The fourth-order valence-corrected chi connectivity index (χ4v) is 2.31. The standard InChI is InChI=1S/C14H12OS.C7H6OS.C2H4/c16-14(13-9-5-2-6-10-13)15-11-12-7-3-1-4-8-12;8-7(9)6-4-2-1-3-5-6;1-2/h1-10H,11H2;1-5H,(H,8,9);1-2H2. The molecule has 0 aromatic heterocycles. The first-order valence-corrected chi connectivity index (χ1v) is 9.07. The van der Waals surface area contributed by atoms with Crippen LogP contribution in [0, 0.1) is 0 Å². The number of ether oxygens (including phenoxy) is 1. The predicted octanol–water partition coefficient (Wildman–Crippen LogP) is 6.14. The first-order valence-electron chi connectivity index (χ1n) is 8.21. The van der Waals surface area contributed by atoms with Crippen LogP contribution in [0.15, 0.2) is 104 Å². The molecule has 0 amide bonds. The number of carbonyl (C=O) groups excluding carboxylic acids is 1. The lowest BCUT2D eigenvalue weighted by Gasteiger charge is -2.07. The Morgan fingerprint density at radius 2 is 1.19 bits per heavy atom. The molecule has 4 heteroatoms. The van der Waals surface area contributed by atoms with Crippen LogP contribution >= 0.6 is 24.8 Å². The van der Waals surface area contributed by atoms with Gasteiger partial charge in [0.2, 0.25) is 5.12 Å². The van der Waals surface area contributed by atoms with Crippen LogP contribution in [0.4, 0.5) is 0 Å². The minimum absolute atomic E-state index is 0.185. The second-order valence-electron chi connectivity index (χ2n) is 5.10. The van der Waals surface area contributed by atoms with Gasteiger partial charge in [-0.25, -0.2) is 0 Å². The van der Waals surface area contributed by atoms with Crippen molar-refractivity contribution in [2.45, 2.75) is 6.61 Å². The quantitative estimate of drug-likeness (QED) is 0.327. The lowest BCUT2D eigenvalue weighted by atomic mass is 10.2. The van der Waals surface area contributed by atoms with Crippen LogP contribution in [0.1, 0.15) is 21.5 Å². The maximum atomic E-state index is 10.5. The molecule has 0 radical (unpaired) electrons. The molecule has 0 bridgehead atoms. The van der Waals surface area contributed by atoms with Crippen molar-refractivity contribution in [2.24, 2.45) is 0 Å². The Morgan fingerprint density at radius 3 is 1.59 bits per heavy atom. The maximum Gasteiger partial charge on any atom is 0.216 e. The molecule has 0 atom stereocenters. The molecular weight excluding hydrogens is 372 g/mol. The van der Waals surface area contributed by atoms with Gasteiger partial charge in [-0.15, -0.1) is 25.8 Å². The Morgan fingerprint density at radius 1 is 0.778 bits per heavy atom. The molecule has 3 aromatic carbocycles. The second-order valence-corrected chi connectivity index (χ2v) is 5.88. The van der Waals surface area contributed by atoms with Crippen LogP contribution in [0.5, 0.6) is 0 Å². The van der Waals surface area contributed by atoms with Crippen molar-refractivity contribution in [1.82, 2.24) is 0 Å². The third kappa shape index (κ3) is 8.99. The molecule has 0 saturated carbocycles. The molecule has 3 rings (SSSR count). The van der Waals surface area contributed by atoms with Crippen LogP contribution in [-0.4, -0.2) is 10.2 Å². The summed E-state index contributed by atoms with van der Waals surface area (Å²) < 4.78 is 5.55. The van der Waals surface area contributed by atoms with Gasteiger partial charge in [0.15, 0.2) is 5.05 Å². The van der Waals surface area contributed by atoms with Gasteiger partial charge in [0.1, 0.15) is 6.61 Å². The molecule has 0 aliphatic carbocycles. The first-order chi connectivity index (χ1) is 13.2. The summed E-state index contributed by atoms with van der Waals surface area (Å²) in [5.74, 6) is 0. The van der Waals surface area contributed by atoms with Crippen molar-refractivity contribution < 1.29 is 9.53 Å². The average Bonchev–Trinajstić information content (AvgIpc) is 2.76. The molecule has 0 N–H and O–H groups in total. The number of hydrogen-bond donors (Lipinski definition) is 1. The molecule has 138 valence electrons. The van der Waals surface area contributed by atoms with E-state index in [4.69, 9.17) is 17.0 Å². The number of thiocarbonyl (C=S) groups is 1. The number of carbonyl (C=O) groups is 1. The normalized spacial score (nSPS) is 8.93. The van der Waals surface area contributed by atoms with Gasteiger partial charge < -0.3 is 4.74 Å². The average molecular weight is 395 g/mol. The number of thiol groups is 1. The van der Waals surface area contributed by atoms with E-state index in [9.17, 15) is 4.79 Å². The molecule has 2 nitrogen and oxygen atoms in total. The third-order valence-electron chi connectivity index (χ3n) is 3.24. The Balaban J connectivity index is 0.000000282. The van der Waals surface area contributed by atoms with Crippen molar-refractivity contribution in [3.05, 3.63) is 121 Å². The molecule has 0 aliphatic rings. The summed E-state index contributed by atoms with van der Waals surface area (Å²) in [6.45, 7) is 6.52. The lowest BCUT2D eigenvalue weighted by molar-refractivity contribution is 0.109. The molecule has 0 saturated heterocycles. The fourth-order valence-electron chi connectivity index (χ4n) is 1.96. The maximum absolute atomic E-state index is 10.5. The van der Waals surface area contributed by atoms with Gasteiger partial charge in [-0.1, -0.05) is 91.0 Å². The molecule has 0 unspecified atom stereocenters. The molecule has 0 heterocycles. The van der Waals surface area contributed by atoms with E-state index in [1.54, 1.807) is 12.1 Å². The molecule has 27 heavy (non-hydrogen) atoms. The van der Waals surface area contributed by atoms with Crippen LogP contribution in [0.2, 0.25) is 0 Å². The highest BCUT2D eigenvalue weighted by Gasteiger charge is 2.01. The van der Waals surface area contributed by atoms with Crippen LogP contribution in [0.25, 0.3) is 0 Å². The van der Waals surface area contributed by atoms with E-state index < -0.39 is 0 Å². The van der Waals surface area contributed by atoms with Crippen molar-refractivity contribution in [2.75, 3.05) is 0 Å². The zero-order chi connectivity index (χ0) is 19.9. The van der Waals surface area contributed by atoms with Crippen molar-refractivity contribution >= 4 is 35.0 Å². The zero-order valence-electron chi connectivity index (χ0n) is 15.0. The fraction of sp³-hybridized carbons (Fsp3) is 0.0435. The van der Waals surface area contributed by atoms with E-state index in [1.807, 2.05) is 78.9 Å². The highest BCUT2D eigenvalue weighted by Crippen LogP contribution is 2.06. The van der Waals surface area contributed by atoms with Gasteiger partial charge in [0.05, 0.1) is 0 Å². The van der Waals surface area contributed by atoms with Gasteiger partial charge in [-0.05, 0) is 17.8 Å². The molecule has 0 fully saturated rings. The summed E-state index contributed by atoms with van der Waals surface area (Å²) >= 11 is 8.85. The Hall–Kier alpha value is -2.69. The van der Waals surface area contributed by atoms with E-state index in [-0.39, 0.29) is 5.12 Å². The van der Waals surface area contributed by atoms with Crippen LogP contribution in [0.3, 0.4) is 0 Å². The van der Waals surface area contributed by atoms with Gasteiger partial charge in [-0.3, -0.25) is 4.79 Å². The smallest absolute Gasteiger partial charge is 0.216 e. The van der Waals surface area contributed by atoms with Crippen LogP contribution in [-0.2, 0) is 11.3 Å². The number of rotatable bonds is 4. The molecule has 0 aliphatic heterocycles. The minimum atomic E-state index is -0.185. The van der Waals surface area contributed by atoms with E-state index in [0.717, 1.165) is 11.1 Å². The highest BCUT2D eigenvalue weighted by molar-refractivity contribution is 7.97. The van der Waals surface area contributed by atoms with Gasteiger partial charge in [0, 0.05) is 11.1 Å². The highest BCUT2D eigenvalue weighted by atomic mass is 32.1. The predicted molar refractivity (Wildman–Crippen MR) is 120 cm³/mol. The summed E-state index contributed by atoms with van der Waals surface area (Å²) in [7, 11) is 0. The summed E-state index contributed by atoms with van der Waals surface area (Å²) in [4.78, 5) is 10.5. The largest absolute Gasteiger partial charge is 0.478 e. The monoisotopic (exact) mass is 394 g/mol. The summed E-state index contributed by atoms with van der Waals surface area (Å²) in [5, 5.41) is 0.361. The van der Waals surface area contributed by atoms with Gasteiger partial charge in [0.25, 0.3) is 0 Å². The summed E-state index contributed by atoms with van der Waals surface area (Å²) in [6.07, 6.45) is 0. The minimum Gasteiger partial charge on any atom is -0.478 e. The van der Waals surface area contributed by atoms with E-state index in [2.05, 4.69) is 25.8 Å². The lowest BCUT2D eigenvalue weighted by Crippen LogP contribution is -2.03. The summed E-state index contributed by atoms with van der Waals surface area (Å²) in [6, 6.07) is 28.7. The second kappa shape index (κ2) is 13.5. The van der Waals surface area contributed by atoms with Crippen molar-refractivity contribution in [3.8, 4) is 0 Å². The number of benzene rings is 3. The Bertz CT molecular complexity index is 804. The molecule has 0 spiro atoms. The zero-order valence-corrected chi connectivity index (χ0v) is 16.7. The third-order valence-corrected chi connectivity index (χ3v) is 3.85. The van der Waals surface area contributed by atoms with Gasteiger partial charge >= 0.3 is 0 Å². The summed E-state index contributed by atoms with van der Waals surface area (Å²) in [5.41, 5.74) is 2.72. The molecular formula is C23H22O2S2. The molecule has 3 aromatic rings. The van der Waals surface area contributed by atoms with Crippen molar-refractivity contribution in [1.29, 1.82) is 0 Å². The van der Waals surface area contributed by atoms with Crippen LogP contribution < -0.4 is 0 Å². The Labute approximate surface area is 171 Å². The van der Waals surface area contributed by atoms with E-state index in [1.165, 1.54) is 0 Å². The first kappa shape index (κ1) is 22.4. The van der Waals surface area contributed by atoms with Crippen molar-refractivity contribution in [3.63, 3.8) is 0 Å². The number of hydrogen-bond acceptors (Lipinski definition) is 3. The van der Waals surface area contributed by atoms with E-state index in [0.29, 0.717) is 17.2 Å². The van der Waals surface area contributed by atoms with E-state index >= 15 is 0 Å².